The van der Waals surface area contributed by atoms with Crippen LogP contribution in [0.5, 0.6) is 0 Å². The standard InChI is InChI=1S/C46H62Se2/c1-39-21-29-43(30-22-39)45-33-25-41(26-34-45)19-15-11-7-3-5-9-13-17-37-47-48-38-18-14-10-6-4-8-12-16-20-42-27-35-46(36-28-42)44-31-23-40(2)24-32-44/h21-36H,3-20,37-38H2,1-2H3. The molecule has 0 bridgehead atoms. The average molecular weight is 773 g/mol. The second-order valence-corrected chi connectivity index (χ2v) is 21.8. The van der Waals surface area contributed by atoms with E-state index in [1.165, 1.54) is 160 Å². The zero-order chi connectivity index (χ0) is 33.5. The Labute approximate surface area is 306 Å². The molecule has 0 spiro atoms. The zero-order valence-electron chi connectivity index (χ0n) is 30.2. The third-order valence-corrected chi connectivity index (χ3v) is 17.4. The SMILES string of the molecule is Cc1ccc(-c2ccc(CCCCCCCCCC[Se][Se]CCCCCCCCCCc3ccc(-c4ccc(C)cc4)cc3)cc2)cc1. The van der Waals surface area contributed by atoms with Crippen molar-refractivity contribution in [1.82, 2.24) is 0 Å². The van der Waals surface area contributed by atoms with E-state index in [9.17, 15) is 0 Å². The summed E-state index contributed by atoms with van der Waals surface area (Å²) >= 11 is 1.93. The van der Waals surface area contributed by atoms with E-state index in [4.69, 9.17) is 0 Å². The number of aryl methyl sites for hydroxylation is 4. The Morgan fingerprint density at radius 2 is 0.542 bits per heavy atom. The van der Waals surface area contributed by atoms with E-state index in [0.717, 1.165) is 26.3 Å². The predicted octanol–water partition coefficient (Wildman–Crippen LogP) is 13.8. The van der Waals surface area contributed by atoms with Gasteiger partial charge in [-0.25, -0.2) is 0 Å². The van der Waals surface area contributed by atoms with E-state index < -0.39 is 0 Å². The van der Waals surface area contributed by atoms with Gasteiger partial charge in [0.15, 0.2) is 0 Å². The smallest absolute Gasteiger partial charge is 0.0587 e. The van der Waals surface area contributed by atoms with Crippen LogP contribution in [0.2, 0.25) is 10.6 Å². The van der Waals surface area contributed by atoms with Crippen molar-refractivity contribution in [2.75, 3.05) is 0 Å². The van der Waals surface area contributed by atoms with E-state index in [1.807, 2.05) is 0 Å². The maximum absolute atomic E-state index is 2.33. The number of hydrogen-bond acceptors (Lipinski definition) is 0. The summed E-state index contributed by atoms with van der Waals surface area (Å²) in [4.78, 5) is 0. The summed E-state index contributed by atoms with van der Waals surface area (Å²) in [6.07, 6.45) is 25.4. The zero-order valence-corrected chi connectivity index (χ0v) is 33.6. The van der Waals surface area contributed by atoms with Crippen LogP contribution in [0.4, 0.5) is 0 Å². The molecule has 2 heteroatoms. The monoisotopic (exact) mass is 774 g/mol. The molecule has 0 aliphatic heterocycles. The Balaban J connectivity index is 0.845. The molecule has 0 amide bonds. The van der Waals surface area contributed by atoms with Crippen molar-refractivity contribution in [2.24, 2.45) is 0 Å². The molecule has 0 fully saturated rings. The summed E-state index contributed by atoms with van der Waals surface area (Å²) in [7, 11) is 0. The summed E-state index contributed by atoms with van der Waals surface area (Å²) in [6, 6.07) is 36.2. The van der Waals surface area contributed by atoms with Gasteiger partial charge in [0.2, 0.25) is 0 Å². The Morgan fingerprint density at radius 3 is 0.854 bits per heavy atom. The fourth-order valence-corrected chi connectivity index (χ4v) is 13.4. The molecule has 0 nitrogen and oxygen atoms in total. The van der Waals surface area contributed by atoms with Gasteiger partial charge >= 0.3 is 188 Å². The molecular formula is C46H62Se2. The summed E-state index contributed by atoms with van der Waals surface area (Å²) in [5, 5.41) is 3.10. The van der Waals surface area contributed by atoms with Gasteiger partial charge in [0.25, 0.3) is 0 Å². The molecule has 0 radical (unpaired) electrons. The fraction of sp³-hybridized carbons (Fsp3) is 0.478. The van der Waals surface area contributed by atoms with Crippen LogP contribution < -0.4 is 0 Å². The molecule has 0 heterocycles. The van der Waals surface area contributed by atoms with Gasteiger partial charge in [0, 0.05) is 0 Å². The van der Waals surface area contributed by atoms with Crippen molar-refractivity contribution in [2.45, 2.75) is 140 Å². The summed E-state index contributed by atoms with van der Waals surface area (Å²) in [6.45, 7) is 4.30. The van der Waals surface area contributed by atoms with Gasteiger partial charge in [-0.15, -0.1) is 0 Å². The van der Waals surface area contributed by atoms with Gasteiger partial charge in [-0.3, -0.25) is 0 Å². The number of rotatable bonds is 25. The first-order valence-electron chi connectivity index (χ1n) is 19.2. The molecule has 0 atom stereocenters. The van der Waals surface area contributed by atoms with Gasteiger partial charge in [-0.05, 0) is 36.1 Å². The summed E-state index contributed by atoms with van der Waals surface area (Å²) in [5.41, 5.74) is 10.9. The molecule has 0 aliphatic carbocycles. The molecule has 4 rings (SSSR count). The topological polar surface area (TPSA) is 0 Å². The second kappa shape index (κ2) is 24.1. The minimum Gasteiger partial charge on any atom is -0.0587 e. The van der Waals surface area contributed by atoms with Crippen molar-refractivity contribution in [1.29, 1.82) is 0 Å². The third-order valence-electron chi connectivity index (χ3n) is 9.65. The van der Waals surface area contributed by atoms with Crippen molar-refractivity contribution < 1.29 is 0 Å². The van der Waals surface area contributed by atoms with Crippen LogP contribution in [-0.2, 0) is 12.8 Å². The predicted molar refractivity (Wildman–Crippen MR) is 216 cm³/mol. The molecule has 258 valence electrons. The first-order chi connectivity index (χ1) is 23.7. The van der Waals surface area contributed by atoms with Crippen molar-refractivity contribution in [3.63, 3.8) is 0 Å². The number of unbranched alkanes of at least 4 members (excludes halogenated alkanes) is 14. The van der Waals surface area contributed by atoms with Crippen LogP contribution in [0.25, 0.3) is 22.3 Å². The quantitative estimate of drug-likeness (QED) is 0.0465. The molecule has 48 heavy (non-hydrogen) atoms. The van der Waals surface area contributed by atoms with Gasteiger partial charge in [0.1, 0.15) is 0 Å². The first kappa shape index (κ1) is 38.7. The van der Waals surface area contributed by atoms with Crippen LogP contribution in [0.3, 0.4) is 0 Å². The second-order valence-electron chi connectivity index (χ2n) is 13.9. The van der Waals surface area contributed by atoms with Crippen LogP contribution in [0.1, 0.15) is 125 Å². The minimum atomic E-state index is 0.965. The minimum absolute atomic E-state index is 0.965. The van der Waals surface area contributed by atoms with E-state index in [0.29, 0.717) is 0 Å². The Bertz CT molecular complexity index is 1240. The van der Waals surface area contributed by atoms with E-state index in [-0.39, 0.29) is 0 Å². The molecule has 0 aliphatic rings. The maximum atomic E-state index is 2.33. The average Bonchev–Trinajstić information content (AvgIpc) is 3.12. The van der Waals surface area contributed by atoms with Crippen molar-refractivity contribution >= 4 is 26.3 Å². The normalized spacial score (nSPS) is 11.3. The Morgan fingerprint density at radius 1 is 0.292 bits per heavy atom. The molecule has 0 saturated carbocycles. The van der Waals surface area contributed by atoms with Crippen molar-refractivity contribution in [3.05, 3.63) is 119 Å². The van der Waals surface area contributed by atoms with Gasteiger partial charge in [-0.1, -0.05) is 83.9 Å². The van der Waals surface area contributed by atoms with E-state index in [1.54, 1.807) is 10.6 Å². The molecule has 0 unspecified atom stereocenters. The molecule has 0 aromatic heterocycles. The van der Waals surface area contributed by atoms with Crippen LogP contribution in [0, 0.1) is 13.8 Å². The molecule has 4 aromatic carbocycles. The van der Waals surface area contributed by atoms with Crippen LogP contribution >= 0.6 is 0 Å². The van der Waals surface area contributed by atoms with Crippen LogP contribution in [-0.4, -0.2) is 26.3 Å². The third kappa shape index (κ3) is 16.1. The van der Waals surface area contributed by atoms with Gasteiger partial charge < -0.3 is 0 Å². The van der Waals surface area contributed by atoms with Gasteiger partial charge in [0.05, 0.1) is 0 Å². The molecule has 4 aromatic rings. The Hall–Kier alpha value is -2.08. The molecule has 0 saturated heterocycles. The number of hydrogen-bond donors (Lipinski definition) is 0. The van der Waals surface area contributed by atoms with Gasteiger partial charge in [-0.2, -0.15) is 0 Å². The fourth-order valence-electron chi connectivity index (χ4n) is 6.44. The van der Waals surface area contributed by atoms with E-state index in [2.05, 4.69) is 111 Å². The van der Waals surface area contributed by atoms with Crippen molar-refractivity contribution in [3.8, 4) is 22.3 Å². The van der Waals surface area contributed by atoms with E-state index >= 15 is 0 Å². The first-order valence-corrected chi connectivity index (χ1v) is 26.0. The molecular weight excluding hydrogens is 710 g/mol. The Kier molecular flexibility index (Phi) is 19.5. The molecule has 0 N–H and O–H groups in total. The number of benzene rings is 4. The summed E-state index contributed by atoms with van der Waals surface area (Å²) in [5.74, 6) is 0. The van der Waals surface area contributed by atoms with Crippen LogP contribution in [0.15, 0.2) is 97.1 Å². The summed E-state index contributed by atoms with van der Waals surface area (Å²) < 4.78 is 0.